The van der Waals surface area contributed by atoms with Gasteiger partial charge >= 0.3 is 0 Å². The minimum absolute atomic E-state index is 0. The number of hydrogen-bond acceptors (Lipinski definition) is 4. The van der Waals surface area contributed by atoms with Crippen molar-refractivity contribution in [3.8, 4) is 0 Å². The number of hydrogen-bond donors (Lipinski definition) is 0. The van der Waals surface area contributed by atoms with Crippen LogP contribution in [0.1, 0.15) is 124 Å². The van der Waals surface area contributed by atoms with Crippen LogP contribution in [0.5, 0.6) is 0 Å². The number of rotatable bonds is 10. The van der Waals surface area contributed by atoms with Crippen molar-refractivity contribution in [1.29, 1.82) is 0 Å². The van der Waals surface area contributed by atoms with Gasteiger partial charge in [0.05, 0.1) is 35.2 Å². The molecule has 2 radical (unpaired) electrons. The van der Waals surface area contributed by atoms with E-state index in [9.17, 15) is 0 Å². The van der Waals surface area contributed by atoms with Crippen molar-refractivity contribution in [3.63, 3.8) is 0 Å². The summed E-state index contributed by atoms with van der Waals surface area (Å²) < 4.78 is 0. The topological polar surface area (TPSA) is 50.5 Å². The van der Waals surface area contributed by atoms with Gasteiger partial charge in [0.1, 0.15) is 0 Å². The molecule has 0 spiro atoms. The molecule has 0 saturated heterocycles. The molecule has 0 saturated carbocycles. The fourth-order valence-electron chi connectivity index (χ4n) is 5.15. The van der Waals surface area contributed by atoms with Gasteiger partial charge in [-0.25, -0.2) is 0 Å². The molecule has 2 aromatic heterocycles. The summed E-state index contributed by atoms with van der Waals surface area (Å²) in [7, 11) is 0. The predicted octanol–water partition coefficient (Wildman–Crippen LogP) is 12.4. The Morgan fingerprint density at radius 1 is 0.511 bits per heavy atom. The zero-order chi connectivity index (χ0) is 29.5. The predicted molar refractivity (Wildman–Crippen MR) is 216 cm³/mol. The first-order valence-corrected chi connectivity index (χ1v) is 14.9. The molecular weight excluding hydrogens is 947 g/mol. The van der Waals surface area contributed by atoms with Crippen LogP contribution in [0.4, 0.5) is 11.4 Å². The second-order valence-corrected chi connectivity index (χ2v) is 12.1. The minimum atomic E-state index is 0. The molecule has 10 heteroatoms. The maximum absolute atomic E-state index is 4.99. The van der Waals surface area contributed by atoms with Crippen LogP contribution >= 0.6 is 67.9 Å². The molecule has 0 aliphatic rings. The Hall–Kier alpha value is -0.961. The van der Waals surface area contributed by atoms with E-state index in [4.69, 9.17) is 9.98 Å². The van der Waals surface area contributed by atoms with E-state index in [-0.39, 0.29) is 102 Å². The standard InChI is InChI=1S/C37H44N4.4BrH.2Cu/c1-24(2)32-18-28(19-33(25(3)4)36(32)40-22-30-13-9-11-15-38-30)17-29-20-34(26(5)6)37(35(21-29)27(7)8)41-23-31-14-10-12-16-39-31;;;;;;/h9-16,18-27H,17H2,1-8H3;4*1H;;. The summed E-state index contributed by atoms with van der Waals surface area (Å²) in [6.45, 7) is 18.0. The average molecular weight is 996 g/mol. The summed E-state index contributed by atoms with van der Waals surface area (Å²) in [4.78, 5) is 18.9. The second kappa shape index (κ2) is 24.2. The molecule has 0 aliphatic heterocycles. The van der Waals surface area contributed by atoms with Crippen LogP contribution in [-0.2, 0) is 40.6 Å². The first-order valence-electron chi connectivity index (χ1n) is 14.9. The van der Waals surface area contributed by atoms with Crippen molar-refractivity contribution in [2.75, 3.05) is 0 Å². The number of pyridine rings is 2. The second-order valence-electron chi connectivity index (χ2n) is 12.1. The van der Waals surface area contributed by atoms with Gasteiger partial charge in [-0.2, -0.15) is 0 Å². The number of halogens is 4. The molecular formula is C37H48Br4Cu2N4. The summed E-state index contributed by atoms with van der Waals surface area (Å²) in [6.07, 6.45) is 8.27. The third-order valence-electron chi connectivity index (χ3n) is 7.38. The van der Waals surface area contributed by atoms with Crippen molar-refractivity contribution in [2.45, 2.75) is 85.5 Å². The van der Waals surface area contributed by atoms with Crippen LogP contribution in [0.2, 0.25) is 0 Å². The SMILES string of the molecule is Br.Br.Br.Br.CC(C)c1cc(Cc2cc(C(C)C)c(N=Cc3ccccn3)c(C(C)C)c2)cc(C(C)C)c1N=Cc1ccccn1.[Cu].[Cu]. The Balaban J connectivity index is -0.00000323. The van der Waals surface area contributed by atoms with Gasteiger partial charge in [-0.3, -0.25) is 20.0 Å². The molecule has 47 heavy (non-hydrogen) atoms. The molecule has 0 N–H and O–H groups in total. The fourth-order valence-corrected chi connectivity index (χ4v) is 5.15. The molecule has 0 fully saturated rings. The van der Waals surface area contributed by atoms with Crippen LogP contribution in [0.3, 0.4) is 0 Å². The van der Waals surface area contributed by atoms with E-state index < -0.39 is 0 Å². The maximum atomic E-state index is 4.99. The molecule has 4 rings (SSSR count). The van der Waals surface area contributed by atoms with Crippen molar-refractivity contribution in [1.82, 2.24) is 9.97 Å². The average Bonchev–Trinajstić information content (AvgIpc) is 2.95. The van der Waals surface area contributed by atoms with Crippen LogP contribution in [-0.4, -0.2) is 22.4 Å². The minimum Gasteiger partial charge on any atom is -0.255 e. The normalized spacial score (nSPS) is 10.6. The van der Waals surface area contributed by atoms with E-state index >= 15 is 0 Å². The van der Waals surface area contributed by atoms with Gasteiger partial charge in [0.2, 0.25) is 0 Å². The molecule has 4 nitrogen and oxygen atoms in total. The third kappa shape index (κ3) is 14.1. The van der Waals surface area contributed by atoms with E-state index in [2.05, 4.69) is 89.6 Å². The summed E-state index contributed by atoms with van der Waals surface area (Å²) in [5.74, 6) is 1.40. The number of aromatic nitrogens is 2. The summed E-state index contributed by atoms with van der Waals surface area (Å²) in [5.41, 5.74) is 11.7. The maximum Gasteiger partial charge on any atom is 0.0812 e. The van der Waals surface area contributed by atoms with Gasteiger partial charge in [0, 0.05) is 46.5 Å². The van der Waals surface area contributed by atoms with Gasteiger partial charge < -0.3 is 0 Å². The van der Waals surface area contributed by atoms with E-state index in [0.717, 1.165) is 29.2 Å². The smallest absolute Gasteiger partial charge is 0.0812 e. The van der Waals surface area contributed by atoms with Gasteiger partial charge in [-0.1, -0.05) is 91.8 Å². The quantitative estimate of drug-likeness (QED) is 0.117. The first-order chi connectivity index (χ1) is 19.6. The Bertz CT molecular complexity index is 1360. The van der Waals surface area contributed by atoms with Crippen molar-refractivity contribution >= 4 is 91.7 Å². The Morgan fingerprint density at radius 2 is 0.809 bits per heavy atom. The largest absolute Gasteiger partial charge is 0.255 e. The van der Waals surface area contributed by atoms with Gasteiger partial charge in [0.25, 0.3) is 0 Å². The van der Waals surface area contributed by atoms with Crippen LogP contribution in [0.25, 0.3) is 0 Å². The summed E-state index contributed by atoms with van der Waals surface area (Å²) in [5, 5.41) is 0. The number of aliphatic imine (C=N–C) groups is 2. The molecule has 0 amide bonds. The van der Waals surface area contributed by atoms with Crippen LogP contribution < -0.4 is 0 Å². The van der Waals surface area contributed by atoms with E-state index in [0.29, 0.717) is 23.7 Å². The molecule has 2 heterocycles. The molecule has 0 atom stereocenters. The van der Waals surface area contributed by atoms with Crippen LogP contribution in [0.15, 0.2) is 83.0 Å². The third-order valence-corrected chi connectivity index (χ3v) is 7.38. The monoisotopic (exact) mass is 990 g/mol. The van der Waals surface area contributed by atoms with E-state index in [1.807, 2.05) is 61.2 Å². The molecule has 266 valence electrons. The van der Waals surface area contributed by atoms with Crippen molar-refractivity contribution < 1.29 is 34.1 Å². The zero-order valence-corrected chi connectivity index (χ0v) is 36.9. The first kappa shape index (κ1) is 50.4. The van der Waals surface area contributed by atoms with Crippen molar-refractivity contribution in [3.05, 3.63) is 118 Å². The molecule has 0 aliphatic carbocycles. The van der Waals surface area contributed by atoms with Crippen LogP contribution in [0, 0.1) is 0 Å². The van der Waals surface area contributed by atoms with Gasteiger partial charge in [-0.05, 0) is 87.7 Å². The number of benzene rings is 2. The molecule has 0 bridgehead atoms. The zero-order valence-electron chi connectivity index (χ0n) is 28.1. The molecule has 2 aromatic carbocycles. The fraction of sp³-hybridized carbons (Fsp3) is 0.351. The summed E-state index contributed by atoms with van der Waals surface area (Å²) >= 11 is 0. The van der Waals surface area contributed by atoms with Gasteiger partial charge in [0.15, 0.2) is 0 Å². The van der Waals surface area contributed by atoms with Gasteiger partial charge in [-0.15, -0.1) is 67.9 Å². The van der Waals surface area contributed by atoms with E-state index in [1.165, 1.54) is 33.4 Å². The Morgan fingerprint density at radius 3 is 1.04 bits per heavy atom. The molecule has 0 unspecified atom stereocenters. The van der Waals surface area contributed by atoms with Crippen molar-refractivity contribution in [2.24, 2.45) is 9.98 Å². The number of nitrogens with zero attached hydrogens (tertiary/aromatic N) is 4. The van der Waals surface area contributed by atoms with E-state index in [1.54, 1.807) is 0 Å². The Kier molecular flexibility index (Phi) is 26.0. The summed E-state index contributed by atoms with van der Waals surface area (Å²) in [6, 6.07) is 21.3. The Labute approximate surface area is 346 Å². The molecule has 4 aromatic rings.